The van der Waals surface area contributed by atoms with Crippen LogP contribution in [-0.4, -0.2) is 45.5 Å². The van der Waals surface area contributed by atoms with Crippen molar-refractivity contribution in [1.82, 2.24) is 14.3 Å². The molecule has 108 valence electrons. The molecule has 0 aromatic carbocycles. The van der Waals surface area contributed by atoms with Crippen molar-refractivity contribution in [2.45, 2.75) is 20.3 Å². The SMILES string of the molecule is CCc1nc2c(C)cc(Br)cn2c1C(=O)N(C)CCO. The zero-order valence-electron chi connectivity index (χ0n) is 11.9. The molecule has 0 radical (unpaired) electrons. The molecule has 5 nitrogen and oxygen atoms in total. The third kappa shape index (κ3) is 2.58. The zero-order valence-corrected chi connectivity index (χ0v) is 13.4. The van der Waals surface area contributed by atoms with Gasteiger partial charge in [0.05, 0.1) is 12.3 Å². The predicted octanol–water partition coefficient (Wildman–Crippen LogP) is 2.03. The van der Waals surface area contributed by atoms with Crippen molar-refractivity contribution < 1.29 is 9.90 Å². The van der Waals surface area contributed by atoms with E-state index in [0.29, 0.717) is 18.7 Å². The summed E-state index contributed by atoms with van der Waals surface area (Å²) in [5, 5.41) is 8.99. The molecular weight excluding hydrogens is 322 g/mol. The van der Waals surface area contributed by atoms with E-state index in [0.717, 1.165) is 21.4 Å². The molecular formula is C14H18BrN3O2. The van der Waals surface area contributed by atoms with Gasteiger partial charge in [0, 0.05) is 24.3 Å². The Morgan fingerprint density at radius 1 is 1.55 bits per heavy atom. The lowest BCUT2D eigenvalue weighted by molar-refractivity contribution is 0.0759. The van der Waals surface area contributed by atoms with Crippen LogP contribution in [0.3, 0.4) is 0 Å². The molecule has 0 aliphatic rings. The fraction of sp³-hybridized carbons (Fsp3) is 0.429. The highest BCUT2D eigenvalue weighted by atomic mass is 79.9. The number of fused-ring (bicyclic) bond motifs is 1. The maximum absolute atomic E-state index is 12.6. The number of aromatic nitrogens is 2. The Morgan fingerprint density at radius 2 is 2.25 bits per heavy atom. The Kier molecular flexibility index (Phi) is 4.45. The van der Waals surface area contributed by atoms with Gasteiger partial charge in [-0.25, -0.2) is 4.98 Å². The molecule has 0 spiro atoms. The first-order chi connectivity index (χ1) is 9.49. The maximum Gasteiger partial charge on any atom is 0.272 e. The smallest absolute Gasteiger partial charge is 0.272 e. The largest absolute Gasteiger partial charge is 0.395 e. The van der Waals surface area contributed by atoms with Crippen molar-refractivity contribution in [1.29, 1.82) is 0 Å². The molecule has 1 amide bonds. The maximum atomic E-state index is 12.6. The Morgan fingerprint density at radius 3 is 2.85 bits per heavy atom. The number of halogens is 1. The molecule has 0 atom stereocenters. The van der Waals surface area contributed by atoms with Crippen LogP contribution in [0.1, 0.15) is 28.7 Å². The molecule has 2 heterocycles. The molecule has 2 aromatic rings. The van der Waals surface area contributed by atoms with Gasteiger partial charge in [-0.3, -0.25) is 9.20 Å². The fourth-order valence-electron chi connectivity index (χ4n) is 2.22. The van der Waals surface area contributed by atoms with Gasteiger partial charge in [0.2, 0.25) is 0 Å². The van der Waals surface area contributed by atoms with E-state index in [4.69, 9.17) is 5.11 Å². The van der Waals surface area contributed by atoms with E-state index in [9.17, 15) is 4.79 Å². The second-order valence-corrected chi connectivity index (χ2v) is 5.66. The monoisotopic (exact) mass is 339 g/mol. The van der Waals surface area contributed by atoms with Gasteiger partial charge in [0.15, 0.2) is 0 Å². The van der Waals surface area contributed by atoms with Crippen LogP contribution in [0.4, 0.5) is 0 Å². The lowest BCUT2D eigenvalue weighted by Crippen LogP contribution is -2.31. The first-order valence-electron chi connectivity index (χ1n) is 6.53. The van der Waals surface area contributed by atoms with Gasteiger partial charge >= 0.3 is 0 Å². The molecule has 0 unspecified atom stereocenters. The standard InChI is InChI=1S/C14H18BrN3O2/c1-4-11-12(14(20)17(3)5-6-19)18-8-10(15)7-9(2)13(18)16-11/h7-8,19H,4-6H2,1-3H3. The average molecular weight is 340 g/mol. The number of carbonyl (C=O) groups is 1. The number of imidazole rings is 1. The Labute approximate surface area is 126 Å². The number of amides is 1. The molecule has 0 saturated heterocycles. The number of rotatable bonds is 4. The third-order valence-electron chi connectivity index (χ3n) is 3.26. The van der Waals surface area contributed by atoms with Crippen LogP contribution in [0.25, 0.3) is 5.65 Å². The summed E-state index contributed by atoms with van der Waals surface area (Å²) in [6, 6.07) is 1.98. The topological polar surface area (TPSA) is 57.8 Å². The van der Waals surface area contributed by atoms with Crippen molar-refractivity contribution >= 4 is 27.5 Å². The highest BCUT2D eigenvalue weighted by molar-refractivity contribution is 9.10. The van der Waals surface area contributed by atoms with Gasteiger partial charge in [-0.05, 0) is 40.9 Å². The van der Waals surface area contributed by atoms with Crippen molar-refractivity contribution in [3.8, 4) is 0 Å². The number of nitrogens with zero attached hydrogens (tertiary/aromatic N) is 3. The third-order valence-corrected chi connectivity index (χ3v) is 3.70. The summed E-state index contributed by atoms with van der Waals surface area (Å²) in [4.78, 5) is 18.6. The van der Waals surface area contributed by atoms with Gasteiger partial charge in [-0.2, -0.15) is 0 Å². The number of aryl methyl sites for hydroxylation is 2. The molecule has 20 heavy (non-hydrogen) atoms. The molecule has 2 aromatic heterocycles. The predicted molar refractivity (Wildman–Crippen MR) is 81.1 cm³/mol. The van der Waals surface area contributed by atoms with Crippen molar-refractivity contribution in [2.75, 3.05) is 20.2 Å². The summed E-state index contributed by atoms with van der Waals surface area (Å²) < 4.78 is 2.73. The first kappa shape index (κ1) is 15.0. The highest BCUT2D eigenvalue weighted by Gasteiger charge is 2.22. The number of aliphatic hydroxyl groups excluding tert-OH is 1. The van der Waals surface area contributed by atoms with E-state index in [1.165, 1.54) is 4.90 Å². The van der Waals surface area contributed by atoms with E-state index in [-0.39, 0.29) is 12.5 Å². The van der Waals surface area contributed by atoms with Crippen LogP contribution < -0.4 is 0 Å². The Balaban J connectivity index is 2.64. The van der Waals surface area contributed by atoms with Crippen LogP contribution >= 0.6 is 15.9 Å². The molecule has 1 N–H and O–H groups in total. The van der Waals surface area contributed by atoms with Crippen LogP contribution in [0.15, 0.2) is 16.7 Å². The van der Waals surface area contributed by atoms with Crippen molar-refractivity contribution in [2.24, 2.45) is 0 Å². The number of hydrogen-bond acceptors (Lipinski definition) is 3. The number of likely N-dealkylation sites (N-methyl/N-ethyl adjacent to an activating group) is 1. The van der Waals surface area contributed by atoms with E-state index >= 15 is 0 Å². The normalized spacial score (nSPS) is 11.1. The lowest BCUT2D eigenvalue weighted by atomic mass is 10.2. The summed E-state index contributed by atoms with van der Waals surface area (Å²) in [5.41, 5.74) is 3.16. The van der Waals surface area contributed by atoms with Gasteiger partial charge in [0.1, 0.15) is 11.3 Å². The Bertz CT molecular complexity index is 651. The number of pyridine rings is 1. The molecule has 6 heteroatoms. The van der Waals surface area contributed by atoms with Crippen LogP contribution in [0, 0.1) is 6.92 Å². The second kappa shape index (κ2) is 5.93. The van der Waals surface area contributed by atoms with Gasteiger partial charge in [0.25, 0.3) is 5.91 Å². The molecule has 0 bridgehead atoms. The van der Waals surface area contributed by atoms with Crippen molar-refractivity contribution in [3.05, 3.63) is 33.7 Å². The Hall–Kier alpha value is -1.40. The summed E-state index contributed by atoms with van der Waals surface area (Å²) >= 11 is 3.45. The fourth-order valence-corrected chi connectivity index (χ4v) is 2.77. The summed E-state index contributed by atoms with van der Waals surface area (Å²) in [5.74, 6) is -0.124. The molecule has 2 rings (SSSR count). The molecule has 0 saturated carbocycles. The van der Waals surface area contributed by atoms with Crippen molar-refractivity contribution in [3.63, 3.8) is 0 Å². The first-order valence-corrected chi connectivity index (χ1v) is 7.32. The number of aliphatic hydroxyl groups is 1. The van der Waals surface area contributed by atoms with E-state index < -0.39 is 0 Å². The quantitative estimate of drug-likeness (QED) is 0.927. The average Bonchev–Trinajstić information content (AvgIpc) is 2.76. The summed E-state index contributed by atoms with van der Waals surface area (Å²) in [6.45, 7) is 4.21. The van der Waals surface area contributed by atoms with Gasteiger partial charge < -0.3 is 10.0 Å². The zero-order chi connectivity index (χ0) is 14.9. The second-order valence-electron chi connectivity index (χ2n) is 4.75. The van der Waals surface area contributed by atoms with Crippen LogP contribution in [0.5, 0.6) is 0 Å². The van der Waals surface area contributed by atoms with Gasteiger partial charge in [-0.1, -0.05) is 6.92 Å². The summed E-state index contributed by atoms with van der Waals surface area (Å²) in [6.07, 6.45) is 2.54. The molecule has 0 fully saturated rings. The number of hydrogen-bond donors (Lipinski definition) is 1. The minimum atomic E-state index is -0.124. The van der Waals surface area contributed by atoms with Crippen LogP contribution in [0.2, 0.25) is 0 Å². The highest BCUT2D eigenvalue weighted by Crippen LogP contribution is 2.22. The lowest BCUT2D eigenvalue weighted by Gasteiger charge is -2.16. The van der Waals surface area contributed by atoms with E-state index in [2.05, 4.69) is 20.9 Å². The van der Waals surface area contributed by atoms with Crippen LogP contribution in [-0.2, 0) is 6.42 Å². The molecule has 0 aliphatic heterocycles. The number of carbonyl (C=O) groups excluding carboxylic acids is 1. The minimum Gasteiger partial charge on any atom is -0.395 e. The summed E-state index contributed by atoms with van der Waals surface area (Å²) in [7, 11) is 1.68. The van der Waals surface area contributed by atoms with E-state index in [1.807, 2.05) is 30.5 Å². The minimum absolute atomic E-state index is 0.0524. The van der Waals surface area contributed by atoms with E-state index in [1.54, 1.807) is 7.05 Å². The molecule has 0 aliphatic carbocycles. The van der Waals surface area contributed by atoms with Gasteiger partial charge in [-0.15, -0.1) is 0 Å².